The van der Waals surface area contributed by atoms with Crippen LogP contribution in [0.25, 0.3) is 0 Å². The first-order chi connectivity index (χ1) is 6.56. The van der Waals surface area contributed by atoms with Crippen LogP contribution in [0.1, 0.15) is 36.9 Å². The van der Waals surface area contributed by atoms with E-state index in [0.29, 0.717) is 5.92 Å². The molecule has 0 aliphatic heterocycles. The minimum Gasteiger partial charge on any atom is -0.508 e. The third kappa shape index (κ3) is 2.15. The number of nitrogens with two attached hydrogens (primary N) is 1. The van der Waals surface area contributed by atoms with Crippen LogP contribution < -0.4 is 5.73 Å². The predicted molar refractivity (Wildman–Crippen MR) is 59.3 cm³/mol. The fraction of sp³-hybridized carbons (Fsp3) is 0.333. The molecule has 76 valence electrons. The van der Waals surface area contributed by atoms with E-state index in [9.17, 15) is 5.11 Å². The predicted octanol–water partition coefficient (Wildman–Crippen LogP) is 2.70. The van der Waals surface area contributed by atoms with Crippen LogP contribution >= 0.6 is 0 Å². The van der Waals surface area contributed by atoms with Crippen molar-refractivity contribution in [2.24, 2.45) is 5.73 Å². The summed E-state index contributed by atoms with van der Waals surface area (Å²) in [4.78, 5) is 0. The monoisotopic (exact) mass is 191 g/mol. The first-order valence-corrected chi connectivity index (χ1v) is 4.77. The molecule has 2 heteroatoms. The molecule has 0 spiro atoms. The van der Waals surface area contributed by atoms with Gasteiger partial charge >= 0.3 is 0 Å². The molecule has 0 unspecified atom stereocenters. The normalized spacial score (nSPS) is 12.9. The van der Waals surface area contributed by atoms with Gasteiger partial charge < -0.3 is 10.8 Å². The van der Waals surface area contributed by atoms with Gasteiger partial charge in [0.05, 0.1) is 6.04 Å². The van der Waals surface area contributed by atoms with E-state index in [4.69, 9.17) is 5.73 Å². The highest BCUT2D eigenvalue weighted by atomic mass is 16.3. The van der Waals surface area contributed by atoms with E-state index in [1.54, 1.807) is 12.1 Å². The van der Waals surface area contributed by atoms with Crippen LogP contribution in [0, 0.1) is 0 Å². The lowest BCUT2D eigenvalue weighted by Gasteiger charge is -2.13. The van der Waals surface area contributed by atoms with Crippen LogP contribution in [0.5, 0.6) is 5.75 Å². The van der Waals surface area contributed by atoms with E-state index < -0.39 is 0 Å². The molecule has 1 aromatic rings. The van der Waals surface area contributed by atoms with Crippen molar-refractivity contribution in [2.45, 2.75) is 25.8 Å². The number of phenols is 1. The summed E-state index contributed by atoms with van der Waals surface area (Å²) in [5, 5.41) is 9.59. The van der Waals surface area contributed by atoms with Gasteiger partial charge in [-0.25, -0.2) is 0 Å². The molecule has 0 saturated carbocycles. The Labute approximate surface area is 85.1 Å². The van der Waals surface area contributed by atoms with E-state index >= 15 is 0 Å². The first kappa shape index (κ1) is 10.8. The van der Waals surface area contributed by atoms with Crippen LogP contribution in [-0.2, 0) is 0 Å². The van der Waals surface area contributed by atoms with Gasteiger partial charge in [-0.2, -0.15) is 0 Å². The molecule has 1 aromatic carbocycles. The lowest BCUT2D eigenvalue weighted by Crippen LogP contribution is -2.07. The van der Waals surface area contributed by atoms with Gasteiger partial charge in [-0.15, -0.1) is 6.58 Å². The van der Waals surface area contributed by atoms with Crippen molar-refractivity contribution in [3.63, 3.8) is 0 Å². The number of phenolic OH excluding ortho intramolecular Hbond substituents is 1. The average molecular weight is 191 g/mol. The molecule has 0 fully saturated rings. The van der Waals surface area contributed by atoms with Crippen molar-refractivity contribution in [3.05, 3.63) is 42.0 Å². The fourth-order valence-corrected chi connectivity index (χ4v) is 1.33. The van der Waals surface area contributed by atoms with Crippen LogP contribution in [0.3, 0.4) is 0 Å². The van der Waals surface area contributed by atoms with Gasteiger partial charge in [-0.1, -0.05) is 26.0 Å². The van der Waals surface area contributed by atoms with E-state index in [1.165, 1.54) is 5.56 Å². The second-order valence-electron chi connectivity index (χ2n) is 3.73. The second kappa shape index (κ2) is 4.29. The van der Waals surface area contributed by atoms with Gasteiger partial charge in [0.15, 0.2) is 0 Å². The Kier molecular flexibility index (Phi) is 3.31. The van der Waals surface area contributed by atoms with Gasteiger partial charge in [0, 0.05) is 5.56 Å². The third-order valence-electron chi connectivity index (χ3n) is 2.33. The number of hydrogen-bond donors (Lipinski definition) is 2. The Morgan fingerprint density at radius 3 is 2.57 bits per heavy atom. The average Bonchev–Trinajstić information content (AvgIpc) is 2.17. The topological polar surface area (TPSA) is 46.2 Å². The molecule has 0 aliphatic carbocycles. The summed E-state index contributed by atoms with van der Waals surface area (Å²) in [7, 11) is 0. The van der Waals surface area contributed by atoms with E-state index in [2.05, 4.69) is 20.4 Å². The molecular weight excluding hydrogens is 174 g/mol. The molecule has 0 aromatic heterocycles. The Morgan fingerprint density at radius 2 is 2.07 bits per heavy atom. The third-order valence-corrected chi connectivity index (χ3v) is 2.33. The zero-order chi connectivity index (χ0) is 10.7. The summed E-state index contributed by atoms with van der Waals surface area (Å²) in [6, 6.07) is 5.24. The van der Waals surface area contributed by atoms with Crippen molar-refractivity contribution in [1.29, 1.82) is 0 Å². The maximum atomic E-state index is 9.59. The van der Waals surface area contributed by atoms with E-state index in [-0.39, 0.29) is 11.8 Å². The van der Waals surface area contributed by atoms with Crippen molar-refractivity contribution in [1.82, 2.24) is 0 Å². The second-order valence-corrected chi connectivity index (χ2v) is 3.73. The highest BCUT2D eigenvalue weighted by Crippen LogP contribution is 2.27. The van der Waals surface area contributed by atoms with Gasteiger partial charge in [0.1, 0.15) is 5.75 Å². The molecule has 14 heavy (non-hydrogen) atoms. The lowest BCUT2D eigenvalue weighted by molar-refractivity contribution is 0.465. The molecule has 1 atom stereocenters. The summed E-state index contributed by atoms with van der Waals surface area (Å²) in [6.45, 7) is 7.83. The number of hydrogen-bond acceptors (Lipinski definition) is 2. The smallest absolute Gasteiger partial charge is 0.120 e. The summed E-state index contributed by atoms with van der Waals surface area (Å²) in [5.74, 6) is 0.674. The van der Waals surface area contributed by atoms with Crippen molar-refractivity contribution >= 4 is 0 Å². The minimum absolute atomic E-state index is 0.238. The minimum atomic E-state index is -0.298. The molecule has 0 saturated heterocycles. The standard InChI is InChI=1S/C12H17NO/c1-4-11(13)10-7-9(8(2)3)5-6-12(10)14/h4-8,11,14H,1,13H2,2-3H3/t11-/m1/s1. The maximum absolute atomic E-state index is 9.59. The van der Waals surface area contributed by atoms with Crippen LogP contribution in [0.4, 0.5) is 0 Å². The molecule has 0 radical (unpaired) electrons. The van der Waals surface area contributed by atoms with Crippen molar-refractivity contribution < 1.29 is 5.11 Å². The maximum Gasteiger partial charge on any atom is 0.120 e. The molecular formula is C12H17NO. The van der Waals surface area contributed by atoms with Crippen LogP contribution in [0.2, 0.25) is 0 Å². The molecule has 0 amide bonds. The molecule has 0 aliphatic rings. The van der Waals surface area contributed by atoms with Crippen LogP contribution in [-0.4, -0.2) is 5.11 Å². The lowest BCUT2D eigenvalue weighted by atomic mass is 9.97. The van der Waals surface area contributed by atoms with Gasteiger partial charge in [0.2, 0.25) is 0 Å². The molecule has 0 heterocycles. The summed E-state index contributed by atoms with van der Waals surface area (Å²) >= 11 is 0. The summed E-state index contributed by atoms with van der Waals surface area (Å²) in [5.41, 5.74) is 7.70. The van der Waals surface area contributed by atoms with Crippen molar-refractivity contribution in [2.75, 3.05) is 0 Å². The first-order valence-electron chi connectivity index (χ1n) is 4.77. The Morgan fingerprint density at radius 1 is 1.43 bits per heavy atom. The van der Waals surface area contributed by atoms with E-state index in [0.717, 1.165) is 5.56 Å². The zero-order valence-electron chi connectivity index (χ0n) is 8.70. The van der Waals surface area contributed by atoms with Crippen LogP contribution in [0.15, 0.2) is 30.9 Å². The molecule has 0 bridgehead atoms. The molecule has 2 nitrogen and oxygen atoms in total. The summed E-state index contributed by atoms with van der Waals surface area (Å²) < 4.78 is 0. The number of benzene rings is 1. The Bertz CT molecular complexity index is 331. The van der Waals surface area contributed by atoms with E-state index in [1.807, 2.05) is 12.1 Å². The van der Waals surface area contributed by atoms with Gasteiger partial charge in [-0.3, -0.25) is 0 Å². The highest BCUT2D eigenvalue weighted by Gasteiger charge is 2.09. The number of rotatable bonds is 3. The SMILES string of the molecule is C=C[C@@H](N)c1cc(C(C)C)ccc1O. The Hall–Kier alpha value is -1.28. The van der Waals surface area contributed by atoms with Gasteiger partial charge in [0.25, 0.3) is 0 Å². The largest absolute Gasteiger partial charge is 0.508 e. The highest BCUT2D eigenvalue weighted by molar-refractivity contribution is 5.40. The molecule has 3 N–H and O–H groups in total. The molecule has 1 rings (SSSR count). The Balaban J connectivity index is 3.14. The fourth-order valence-electron chi connectivity index (χ4n) is 1.33. The summed E-state index contributed by atoms with van der Waals surface area (Å²) in [6.07, 6.45) is 1.62. The quantitative estimate of drug-likeness (QED) is 0.721. The number of aromatic hydroxyl groups is 1. The zero-order valence-corrected chi connectivity index (χ0v) is 8.70. The van der Waals surface area contributed by atoms with Gasteiger partial charge in [-0.05, 0) is 23.6 Å². The van der Waals surface area contributed by atoms with Crippen molar-refractivity contribution in [3.8, 4) is 5.75 Å².